The van der Waals surface area contributed by atoms with Gasteiger partial charge in [0, 0.05) is 69.9 Å². The number of anilines is 1. The second kappa shape index (κ2) is 13.1. The van der Waals surface area contributed by atoms with E-state index in [2.05, 4.69) is 31.9 Å². The number of carbonyl (C=O) groups excluding carboxylic acids is 1. The Morgan fingerprint density at radius 2 is 1.98 bits per heavy atom. The summed E-state index contributed by atoms with van der Waals surface area (Å²) in [6.07, 6.45) is 6.82. The minimum atomic E-state index is -0.905. The minimum Gasteiger partial charge on any atom is -0.508 e. The van der Waals surface area contributed by atoms with Gasteiger partial charge in [0.25, 0.3) is 0 Å². The SMILES string of the molecule is CCC1CCc2cc(O)cc(-c3ncc4c(N5CC6CCC(C5)N6CC(O)CNC(C)=O)nc(OC[C@@]56CCCN5C[C@H](F)C6)nc4c3F)c21. The summed E-state index contributed by atoms with van der Waals surface area (Å²) in [5.41, 5.74) is 2.50. The number of aliphatic hydroxyl groups excluding tert-OH is 1. The van der Waals surface area contributed by atoms with E-state index in [4.69, 9.17) is 14.7 Å². The Labute approximate surface area is 291 Å². The number of nitrogens with one attached hydrogen (secondary N) is 1. The molecule has 0 radical (unpaired) electrons. The number of aromatic nitrogens is 3. The lowest BCUT2D eigenvalue weighted by atomic mass is 9.91. The van der Waals surface area contributed by atoms with Crippen molar-refractivity contribution in [3.8, 4) is 23.0 Å². The number of aryl methyl sites for hydroxylation is 1. The van der Waals surface area contributed by atoms with Crippen molar-refractivity contribution >= 4 is 22.6 Å². The summed E-state index contributed by atoms with van der Waals surface area (Å²) in [4.78, 5) is 32.3. The third kappa shape index (κ3) is 5.94. The number of rotatable bonds is 10. The normalized spacial score (nSPS) is 28.3. The van der Waals surface area contributed by atoms with Crippen LogP contribution in [0.15, 0.2) is 18.3 Å². The van der Waals surface area contributed by atoms with Crippen molar-refractivity contribution in [2.75, 3.05) is 50.8 Å². The fourth-order valence-corrected chi connectivity index (χ4v) is 9.66. The minimum absolute atomic E-state index is 0.0557. The molecule has 4 fully saturated rings. The number of nitrogens with zero attached hydrogens (tertiary/aromatic N) is 6. The Balaban J connectivity index is 1.16. The molecule has 1 amide bonds. The molecule has 3 N–H and O–H groups in total. The second-order valence-corrected chi connectivity index (χ2v) is 15.2. The van der Waals surface area contributed by atoms with Gasteiger partial charge in [-0.2, -0.15) is 9.97 Å². The second-order valence-electron chi connectivity index (χ2n) is 15.2. The summed E-state index contributed by atoms with van der Waals surface area (Å²) >= 11 is 0. The molecule has 11 nitrogen and oxygen atoms in total. The highest BCUT2D eigenvalue weighted by molar-refractivity contribution is 5.92. The van der Waals surface area contributed by atoms with Crippen LogP contribution in [0.1, 0.15) is 75.8 Å². The molecule has 2 bridgehead atoms. The summed E-state index contributed by atoms with van der Waals surface area (Å²) < 4.78 is 37.9. The van der Waals surface area contributed by atoms with E-state index in [9.17, 15) is 19.4 Å². The number of phenols is 1. The first-order valence-electron chi connectivity index (χ1n) is 18.3. The average molecular weight is 692 g/mol. The van der Waals surface area contributed by atoms with Gasteiger partial charge in [-0.25, -0.2) is 8.78 Å². The van der Waals surface area contributed by atoms with Gasteiger partial charge in [0.15, 0.2) is 5.82 Å². The van der Waals surface area contributed by atoms with Crippen LogP contribution in [0.3, 0.4) is 0 Å². The summed E-state index contributed by atoms with van der Waals surface area (Å²) in [5, 5.41) is 24.5. The zero-order valence-corrected chi connectivity index (χ0v) is 28.9. The molecule has 8 rings (SSSR count). The molecular weight excluding hydrogens is 644 g/mol. The lowest BCUT2D eigenvalue weighted by molar-refractivity contribution is -0.119. The van der Waals surface area contributed by atoms with Gasteiger partial charge in [-0.1, -0.05) is 6.92 Å². The Morgan fingerprint density at radius 1 is 1.18 bits per heavy atom. The number of hydrogen-bond acceptors (Lipinski definition) is 10. The predicted octanol–water partition coefficient (Wildman–Crippen LogP) is 4.08. The monoisotopic (exact) mass is 691 g/mol. The average Bonchev–Trinajstić information content (AvgIpc) is 3.81. The molecule has 268 valence electrons. The quantitative estimate of drug-likeness (QED) is 0.286. The highest BCUT2D eigenvalue weighted by Crippen LogP contribution is 2.45. The number of halogens is 2. The molecule has 3 aromatic rings. The smallest absolute Gasteiger partial charge is 0.319 e. The van der Waals surface area contributed by atoms with Gasteiger partial charge >= 0.3 is 6.01 Å². The van der Waals surface area contributed by atoms with Crippen LogP contribution in [0.25, 0.3) is 22.2 Å². The highest BCUT2D eigenvalue weighted by Gasteiger charge is 2.49. The zero-order chi connectivity index (χ0) is 34.7. The number of piperazine rings is 1. The predicted molar refractivity (Wildman–Crippen MR) is 185 cm³/mol. The Hall–Kier alpha value is -3.68. The standard InChI is InChI=1S/C37H47F2N7O4/c1-3-22-5-6-23-11-27(48)12-29(31(22)23)33-32(39)34-30(15-41-33)35(43-36(42-34)50-20-37-9-4-10-45(37)16-24(38)13-37)44-17-25-7-8-26(18-44)46(25)19-28(49)14-40-21(2)47/h11-12,15,22,24-26,28,48-49H,3-10,13-14,16-20H2,1-2H3,(H,40,47)/t22?,24-,25?,26?,28?,37+/m1/s1. The topological polar surface area (TPSA) is 127 Å². The summed E-state index contributed by atoms with van der Waals surface area (Å²) in [5.74, 6) is 0.119. The van der Waals surface area contributed by atoms with Crippen molar-refractivity contribution in [2.24, 2.45) is 0 Å². The molecule has 4 unspecified atom stereocenters. The molecule has 4 aliphatic heterocycles. The van der Waals surface area contributed by atoms with Gasteiger partial charge in [-0.15, -0.1) is 0 Å². The molecule has 1 aromatic carbocycles. The number of pyridine rings is 1. The number of benzene rings is 1. The maximum Gasteiger partial charge on any atom is 0.319 e. The van der Waals surface area contributed by atoms with Crippen LogP contribution < -0.4 is 15.0 Å². The molecule has 2 aromatic heterocycles. The number of alkyl halides is 1. The van der Waals surface area contributed by atoms with Gasteiger partial charge in [0.1, 0.15) is 35.6 Å². The van der Waals surface area contributed by atoms with Crippen molar-refractivity contribution in [3.05, 3.63) is 35.3 Å². The van der Waals surface area contributed by atoms with Gasteiger partial charge in [-0.3, -0.25) is 19.6 Å². The number of aromatic hydroxyl groups is 1. The molecule has 6 heterocycles. The molecule has 13 heteroatoms. The van der Waals surface area contributed by atoms with E-state index >= 15 is 4.39 Å². The van der Waals surface area contributed by atoms with Crippen molar-refractivity contribution in [2.45, 2.75) is 101 Å². The molecule has 0 saturated carbocycles. The van der Waals surface area contributed by atoms with Crippen LogP contribution in [0.4, 0.5) is 14.6 Å². The van der Waals surface area contributed by atoms with Crippen LogP contribution >= 0.6 is 0 Å². The Kier molecular flexibility index (Phi) is 8.79. The van der Waals surface area contributed by atoms with Crippen LogP contribution in [-0.4, -0.2) is 117 Å². The summed E-state index contributed by atoms with van der Waals surface area (Å²) in [7, 11) is 0. The first kappa shape index (κ1) is 33.5. The van der Waals surface area contributed by atoms with E-state index in [-0.39, 0.29) is 60.0 Å². The molecule has 6 atom stereocenters. The number of fused-ring (bicyclic) bond motifs is 5. The Morgan fingerprint density at radius 3 is 2.74 bits per heavy atom. The fourth-order valence-electron chi connectivity index (χ4n) is 9.66. The van der Waals surface area contributed by atoms with E-state index in [1.54, 1.807) is 18.3 Å². The molecule has 1 aliphatic carbocycles. The van der Waals surface area contributed by atoms with E-state index in [1.807, 2.05) is 0 Å². The largest absolute Gasteiger partial charge is 0.508 e. The number of phenolic OH excluding ortho intramolecular Hbond substituents is 1. The number of aliphatic hydroxyl groups is 1. The van der Waals surface area contributed by atoms with Crippen LogP contribution in [0.2, 0.25) is 0 Å². The number of ether oxygens (including phenoxy) is 1. The van der Waals surface area contributed by atoms with Crippen LogP contribution in [0.5, 0.6) is 11.8 Å². The third-order valence-corrected chi connectivity index (χ3v) is 12.0. The molecule has 50 heavy (non-hydrogen) atoms. The molecular formula is C37H47F2N7O4. The molecule has 0 spiro atoms. The van der Waals surface area contributed by atoms with Crippen molar-refractivity contribution in [3.63, 3.8) is 0 Å². The van der Waals surface area contributed by atoms with E-state index < -0.39 is 23.6 Å². The number of carbonyl (C=O) groups is 1. The first-order chi connectivity index (χ1) is 24.1. The van der Waals surface area contributed by atoms with Gasteiger partial charge in [0.05, 0.1) is 17.0 Å². The fraction of sp³-hybridized carbons (Fsp3) is 0.622. The van der Waals surface area contributed by atoms with Crippen LogP contribution in [-0.2, 0) is 11.2 Å². The number of hydrogen-bond donors (Lipinski definition) is 3. The Bertz CT molecular complexity index is 1780. The first-order valence-corrected chi connectivity index (χ1v) is 18.3. The number of amides is 1. The third-order valence-electron chi connectivity index (χ3n) is 12.0. The molecule has 4 saturated heterocycles. The van der Waals surface area contributed by atoms with Crippen molar-refractivity contribution < 1.29 is 28.5 Å². The van der Waals surface area contributed by atoms with Gasteiger partial charge in [-0.05, 0) is 80.7 Å². The summed E-state index contributed by atoms with van der Waals surface area (Å²) in [6.45, 7) is 6.88. The lowest BCUT2D eigenvalue weighted by Crippen LogP contribution is -2.56. The van der Waals surface area contributed by atoms with Gasteiger partial charge < -0.3 is 25.2 Å². The maximum atomic E-state index is 17.0. The van der Waals surface area contributed by atoms with Crippen molar-refractivity contribution in [1.82, 2.24) is 30.1 Å². The zero-order valence-electron chi connectivity index (χ0n) is 28.9. The van der Waals surface area contributed by atoms with Gasteiger partial charge in [0.2, 0.25) is 5.91 Å². The maximum absolute atomic E-state index is 17.0. The van der Waals surface area contributed by atoms with E-state index in [0.29, 0.717) is 49.4 Å². The molecule has 5 aliphatic rings. The highest BCUT2D eigenvalue weighted by atomic mass is 19.1. The van der Waals surface area contributed by atoms with Crippen molar-refractivity contribution in [1.29, 1.82) is 0 Å². The van der Waals surface area contributed by atoms with Crippen LogP contribution in [0, 0.1) is 5.82 Å². The van der Waals surface area contributed by atoms with E-state index in [1.165, 1.54) is 6.92 Å². The lowest BCUT2D eigenvalue weighted by Gasteiger charge is -2.42. The summed E-state index contributed by atoms with van der Waals surface area (Å²) in [6, 6.07) is 3.73. The van der Waals surface area contributed by atoms with E-state index in [0.717, 1.165) is 62.6 Å².